The van der Waals surface area contributed by atoms with Gasteiger partial charge in [0.2, 0.25) is 0 Å². The van der Waals surface area contributed by atoms with Crippen molar-refractivity contribution in [2.24, 2.45) is 4.99 Å². The maximum Gasteiger partial charge on any atom is 0.338 e. The average Bonchev–Trinajstić information content (AvgIpc) is 3.28. The van der Waals surface area contributed by atoms with Crippen LogP contribution in [-0.4, -0.2) is 24.3 Å². The van der Waals surface area contributed by atoms with Gasteiger partial charge in [0.05, 0.1) is 35.6 Å². The van der Waals surface area contributed by atoms with Gasteiger partial charge < -0.3 is 9.47 Å². The quantitative estimate of drug-likeness (QED) is 0.275. The Kier molecular flexibility index (Phi) is 8.03. The second kappa shape index (κ2) is 11.7. The van der Waals surface area contributed by atoms with Crippen LogP contribution in [0.4, 0.5) is 4.39 Å². The van der Waals surface area contributed by atoms with Gasteiger partial charge in [-0.2, -0.15) is 0 Å². The van der Waals surface area contributed by atoms with Crippen molar-refractivity contribution >= 4 is 29.1 Å². The molecule has 1 atom stereocenters. The van der Waals surface area contributed by atoms with Crippen LogP contribution in [0.25, 0.3) is 11.8 Å². The minimum absolute atomic E-state index is 0.153. The highest BCUT2D eigenvalue weighted by atomic mass is 32.1. The summed E-state index contributed by atoms with van der Waals surface area (Å²) in [6, 6.07) is 18.3. The SMILES string of the molecule is CCOC(=O)C1=C(c2ccccc2)N=c2s/c(=C/c3cc(C(C)C)c(OC)cc3C)c(=O)n2[C@@H]1c1ccc(F)cc1. The van der Waals surface area contributed by atoms with Crippen LogP contribution in [0.15, 0.2) is 82.1 Å². The van der Waals surface area contributed by atoms with E-state index in [1.807, 2.05) is 55.5 Å². The molecule has 0 amide bonds. The van der Waals surface area contributed by atoms with Gasteiger partial charge in [0, 0.05) is 5.56 Å². The van der Waals surface area contributed by atoms with E-state index < -0.39 is 17.8 Å². The van der Waals surface area contributed by atoms with Crippen LogP contribution >= 0.6 is 11.3 Å². The number of halogens is 1. The van der Waals surface area contributed by atoms with Crippen LogP contribution in [0.1, 0.15) is 60.5 Å². The van der Waals surface area contributed by atoms with Crippen LogP contribution in [0, 0.1) is 12.7 Å². The Morgan fingerprint density at radius 3 is 2.46 bits per heavy atom. The molecule has 0 saturated carbocycles. The summed E-state index contributed by atoms with van der Waals surface area (Å²) in [5.41, 5.74) is 4.55. The summed E-state index contributed by atoms with van der Waals surface area (Å²) in [5, 5.41) is 0. The smallest absolute Gasteiger partial charge is 0.338 e. The summed E-state index contributed by atoms with van der Waals surface area (Å²) < 4.78 is 27.0. The molecule has 0 N–H and O–H groups in total. The predicted molar refractivity (Wildman–Crippen MR) is 159 cm³/mol. The molecule has 1 aliphatic heterocycles. The van der Waals surface area contributed by atoms with Crippen molar-refractivity contribution in [3.05, 3.63) is 126 Å². The molecule has 0 saturated heterocycles. The number of hydrogen-bond acceptors (Lipinski definition) is 6. The third-order valence-electron chi connectivity index (χ3n) is 7.09. The molecule has 3 aromatic carbocycles. The molecular formula is C33H31FN2O4S. The largest absolute Gasteiger partial charge is 0.496 e. The van der Waals surface area contributed by atoms with Gasteiger partial charge in [0.1, 0.15) is 11.6 Å². The molecule has 41 heavy (non-hydrogen) atoms. The fourth-order valence-corrected chi connectivity index (χ4v) is 6.03. The van der Waals surface area contributed by atoms with Crippen molar-refractivity contribution in [1.82, 2.24) is 4.57 Å². The number of aromatic nitrogens is 1. The Balaban J connectivity index is 1.81. The number of nitrogens with zero attached hydrogens (tertiary/aromatic N) is 2. The number of rotatable bonds is 7. The average molecular weight is 571 g/mol. The molecule has 1 aliphatic rings. The van der Waals surface area contributed by atoms with Gasteiger partial charge in [0.15, 0.2) is 4.80 Å². The first-order chi connectivity index (χ1) is 19.7. The number of benzene rings is 3. The lowest BCUT2D eigenvalue weighted by molar-refractivity contribution is -0.138. The molecular weight excluding hydrogens is 539 g/mol. The highest BCUT2D eigenvalue weighted by molar-refractivity contribution is 7.07. The summed E-state index contributed by atoms with van der Waals surface area (Å²) in [5.74, 6) is 0.0327. The van der Waals surface area contributed by atoms with E-state index in [-0.39, 0.29) is 23.7 Å². The van der Waals surface area contributed by atoms with E-state index >= 15 is 0 Å². The number of ether oxygens (including phenoxy) is 2. The van der Waals surface area contributed by atoms with E-state index in [9.17, 15) is 14.0 Å². The number of hydrogen-bond donors (Lipinski definition) is 0. The molecule has 2 heterocycles. The molecule has 6 nitrogen and oxygen atoms in total. The molecule has 1 aromatic heterocycles. The lowest BCUT2D eigenvalue weighted by Crippen LogP contribution is -2.40. The molecule has 0 unspecified atom stereocenters. The number of thiazole rings is 1. The molecule has 0 bridgehead atoms. The van der Waals surface area contributed by atoms with E-state index in [0.717, 1.165) is 22.4 Å². The fourth-order valence-electron chi connectivity index (χ4n) is 5.04. The fraction of sp³-hybridized carbons (Fsp3) is 0.242. The van der Waals surface area contributed by atoms with Gasteiger partial charge >= 0.3 is 5.97 Å². The summed E-state index contributed by atoms with van der Waals surface area (Å²) >= 11 is 1.25. The van der Waals surface area contributed by atoms with Crippen molar-refractivity contribution in [2.75, 3.05) is 13.7 Å². The minimum atomic E-state index is -0.855. The highest BCUT2D eigenvalue weighted by Gasteiger charge is 2.35. The standard InChI is InChI=1S/C33H31FN2O4S/c1-6-40-32(38)28-29(21-10-8-7-9-11-21)35-33-36(30(28)22-12-14-24(34)15-13-22)31(37)27(41-33)18-23-17-25(19(2)3)26(39-5)16-20(23)4/h7-19,30H,6H2,1-5H3/b27-18+/t30-/m1/s1. The van der Waals surface area contributed by atoms with E-state index in [4.69, 9.17) is 14.5 Å². The number of carbonyl (C=O) groups is 1. The molecule has 8 heteroatoms. The second-order valence-electron chi connectivity index (χ2n) is 10.1. The van der Waals surface area contributed by atoms with Gasteiger partial charge in [-0.15, -0.1) is 0 Å². The maximum atomic E-state index is 14.1. The van der Waals surface area contributed by atoms with Crippen molar-refractivity contribution in [3.63, 3.8) is 0 Å². The molecule has 0 aliphatic carbocycles. The van der Waals surface area contributed by atoms with E-state index in [2.05, 4.69) is 13.8 Å². The van der Waals surface area contributed by atoms with Crippen molar-refractivity contribution in [2.45, 2.75) is 39.7 Å². The van der Waals surface area contributed by atoms with Crippen LogP contribution in [0.2, 0.25) is 0 Å². The van der Waals surface area contributed by atoms with Gasteiger partial charge in [-0.3, -0.25) is 9.36 Å². The normalized spacial score (nSPS) is 15.1. The summed E-state index contributed by atoms with van der Waals surface area (Å²) in [4.78, 5) is 32.9. The number of methoxy groups -OCH3 is 1. The van der Waals surface area contributed by atoms with Crippen molar-refractivity contribution < 1.29 is 18.7 Å². The van der Waals surface area contributed by atoms with Crippen molar-refractivity contribution in [3.8, 4) is 5.75 Å². The molecule has 210 valence electrons. The van der Waals surface area contributed by atoms with Crippen molar-refractivity contribution in [1.29, 1.82) is 0 Å². The highest BCUT2D eigenvalue weighted by Crippen LogP contribution is 2.35. The third-order valence-corrected chi connectivity index (χ3v) is 8.07. The Morgan fingerprint density at radius 1 is 1.12 bits per heavy atom. The minimum Gasteiger partial charge on any atom is -0.496 e. The van der Waals surface area contributed by atoms with Gasteiger partial charge in [-0.05, 0) is 72.4 Å². The van der Waals surface area contributed by atoms with Crippen LogP contribution < -0.4 is 19.6 Å². The van der Waals surface area contributed by atoms with Crippen LogP contribution in [-0.2, 0) is 9.53 Å². The Bertz CT molecular complexity index is 1820. The first-order valence-electron chi connectivity index (χ1n) is 13.5. The summed E-state index contributed by atoms with van der Waals surface area (Å²) in [6.07, 6.45) is 1.86. The Morgan fingerprint density at radius 2 is 1.83 bits per heavy atom. The van der Waals surface area contributed by atoms with E-state index in [1.54, 1.807) is 26.2 Å². The number of fused-ring (bicyclic) bond motifs is 1. The summed E-state index contributed by atoms with van der Waals surface area (Å²) in [7, 11) is 1.65. The summed E-state index contributed by atoms with van der Waals surface area (Å²) in [6.45, 7) is 8.04. The molecule has 4 aromatic rings. The van der Waals surface area contributed by atoms with E-state index in [1.165, 1.54) is 28.0 Å². The first kappa shape index (κ1) is 28.2. The lowest BCUT2D eigenvalue weighted by Gasteiger charge is -2.25. The van der Waals surface area contributed by atoms with Crippen LogP contribution in [0.3, 0.4) is 0 Å². The Hall–Kier alpha value is -4.30. The topological polar surface area (TPSA) is 69.9 Å². The van der Waals surface area contributed by atoms with Gasteiger partial charge in [-0.1, -0.05) is 67.6 Å². The number of carbonyl (C=O) groups excluding carboxylic acids is 1. The lowest BCUT2D eigenvalue weighted by atomic mass is 9.93. The van der Waals surface area contributed by atoms with Gasteiger partial charge in [0.25, 0.3) is 5.56 Å². The molecule has 0 spiro atoms. The molecule has 5 rings (SSSR count). The first-order valence-corrected chi connectivity index (χ1v) is 14.3. The predicted octanol–water partition coefficient (Wildman–Crippen LogP) is 5.52. The van der Waals surface area contributed by atoms with E-state index in [0.29, 0.717) is 26.2 Å². The molecule has 0 fully saturated rings. The number of aryl methyl sites for hydroxylation is 1. The third kappa shape index (κ3) is 5.39. The maximum absolute atomic E-state index is 14.1. The second-order valence-corrected chi connectivity index (χ2v) is 11.1. The number of esters is 1. The van der Waals surface area contributed by atoms with Gasteiger partial charge in [-0.25, -0.2) is 14.2 Å². The zero-order chi connectivity index (χ0) is 29.3. The zero-order valence-corrected chi connectivity index (χ0v) is 24.4. The molecule has 0 radical (unpaired) electrons. The monoisotopic (exact) mass is 570 g/mol. The van der Waals surface area contributed by atoms with Crippen LogP contribution in [0.5, 0.6) is 5.75 Å². The zero-order valence-electron chi connectivity index (χ0n) is 23.6. The Labute approximate surface area is 241 Å².